The third kappa shape index (κ3) is 5.10. The number of rotatable bonds is 7. The molecule has 0 saturated carbocycles. The zero-order valence-corrected chi connectivity index (χ0v) is 19.7. The van der Waals surface area contributed by atoms with E-state index in [4.69, 9.17) is 16.3 Å². The molecule has 0 saturated heterocycles. The highest BCUT2D eigenvalue weighted by atomic mass is 35.5. The number of benzene rings is 3. The van der Waals surface area contributed by atoms with Gasteiger partial charge in [-0.25, -0.2) is 9.18 Å². The van der Waals surface area contributed by atoms with E-state index in [9.17, 15) is 9.18 Å². The summed E-state index contributed by atoms with van der Waals surface area (Å²) >= 11 is 6.48. The fourth-order valence-electron chi connectivity index (χ4n) is 3.96. The van der Waals surface area contributed by atoms with Crippen molar-refractivity contribution in [1.82, 2.24) is 10.2 Å². The van der Waals surface area contributed by atoms with Gasteiger partial charge in [-0.15, -0.1) is 0 Å². The van der Waals surface area contributed by atoms with Crippen molar-refractivity contribution < 1.29 is 13.9 Å². The van der Waals surface area contributed by atoms with E-state index >= 15 is 0 Å². The van der Waals surface area contributed by atoms with Gasteiger partial charge in [-0.3, -0.25) is 5.10 Å². The highest BCUT2D eigenvalue weighted by Gasteiger charge is 2.16. The number of hydrogen-bond acceptors (Lipinski definition) is 3. The molecule has 0 aliphatic heterocycles. The highest BCUT2D eigenvalue weighted by Crippen LogP contribution is 2.38. The minimum atomic E-state index is -0.375. The van der Waals surface area contributed by atoms with Gasteiger partial charge < -0.3 is 4.74 Å². The van der Waals surface area contributed by atoms with Crippen molar-refractivity contribution in [2.45, 2.75) is 20.3 Å². The van der Waals surface area contributed by atoms with Gasteiger partial charge in [-0.2, -0.15) is 5.10 Å². The van der Waals surface area contributed by atoms with Gasteiger partial charge in [0.1, 0.15) is 5.82 Å². The highest BCUT2D eigenvalue weighted by molar-refractivity contribution is 6.32. The summed E-state index contributed by atoms with van der Waals surface area (Å²) in [5.41, 5.74) is 6.59. The number of aromatic amines is 1. The number of nitrogens with zero attached hydrogens (tertiary/aromatic N) is 1. The molecule has 0 radical (unpaired) electrons. The maximum absolute atomic E-state index is 13.8. The molecule has 0 fully saturated rings. The summed E-state index contributed by atoms with van der Waals surface area (Å²) in [6.07, 6.45) is 5.61. The number of carbonyl (C=O) groups excluding carboxylic acids is 1. The first kappa shape index (κ1) is 23.5. The first-order valence-electron chi connectivity index (χ1n) is 11.1. The molecule has 0 atom stereocenters. The number of H-pyrrole nitrogens is 1. The van der Waals surface area contributed by atoms with E-state index in [1.54, 1.807) is 25.3 Å². The first-order valence-corrected chi connectivity index (χ1v) is 11.4. The molecule has 172 valence electrons. The van der Waals surface area contributed by atoms with Crippen LogP contribution in [0.25, 0.3) is 28.1 Å². The predicted octanol–water partition coefficient (Wildman–Crippen LogP) is 7.30. The van der Waals surface area contributed by atoms with Crippen molar-refractivity contribution in [3.63, 3.8) is 0 Å². The van der Waals surface area contributed by atoms with Gasteiger partial charge >= 0.3 is 5.97 Å². The third-order valence-corrected chi connectivity index (χ3v) is 5.85. The molecule has 4 nitrogen and oxygen atoms in total. The second-order valence-corrected chi connectivity index (χ2v) is 8.12. The van der Waals surface area contributed by atoms with Crippen LogP contribution in [-0.2, 0) is 9.53 Å². The van der Waals surface area contributed by atoms with Crippen molar-refractivity contribution in [2.75, 3.05) is 6.61 Å². The van der Waals surface area contributed by atoms with Crippen LogP contribution in [0.15, 0.2) is 72.9 Å². The van der Waals surface area contributed by atoms with Crippen molar-refractivity contribution in [2.24, 2.45) is 0 Å². The van der Waals surface area contributed by atoms with E-state index in [0.717, 1.165) is 44.3 Å². The fourth-order valence-corrected chi connectivity index (χ4v) is 4.25. The summed E-state index contributed by atoms with van der Waals surface area (Å²) in [6, 6.07) is 18.5. The van der Waals surface area contributed by atoms with E-state index < -0.39 is 0 Å². The van der Waals surface area contributed by atoms with E-state index in [1.807, 2.05) is 36.4 Å². The summed E-state index contributed by atoms with van der Waals surface area (Å²) in [7, 11) is 0. The predicted molar refractivity (Wildman–Crippen MR) is 136 cm³/mol. The fraction of sp³-hybridized carbons (Fsp3) is 0.143. The first-order chi connectivity index (χ1) is 16.5. The van der Waals surface area contributed by atoms with Crippen molar-refractivity contribution in [3.05, 3.63) is 106 Å². The molecule has 34 heavy (non-hydrogen) atoms. The van der Waals surface area contributed by atoms with Crippen LogP contribution in [0.4, 0.5) is 4.39 Å². The molecular formula is C28H24ClFN2O2. The monoisotopic (exact) mass is 474 g/mol. The van der Waals surface area contributed by atoms with Gasteiger partial charge in [0.2, 0.25) is 0 Å². The summed E-state index contributed by atoms with van der Waals surface area (Å²) in [5.74, 6) is -0.747. The Morgan fingerprint density at radius 1 is 1.06 bits per heavy atom. The van der Waals surface area contributed by atoms with Crippen LogP contribution < -0.4 is 0 Å². The van der Waals surface area contributed by atoms with Gasteiger partial charge in [0, 0.05) is 11.5 Å². The standard InChI is InChI=1S/C28H24ClFN2O2/c1-3-23(24-12-11-22(30)16-25(24)29)28(20-10-13-26-21(15-20)17-31-32-26)19-8-5-18(6-9-19)7-14-27(33)34-4-2/h5-17H,3-4H2,1-2H3,(H,31,32)/b14-7?,28-23+. The Balaban J connectivity index is 1.85. The lowest BCUT2D eigenvalue weighted by atomic mass is 9.87. The maximum atomic E-state index is 13.8. The number of halogens is 2. The van der Waals surface area contributed by atoms with Crippen molar-refractivity contribution in [3.8, 4) is 0 Å². The Bertz CT molecular complexity index is 1390. The molecular weight excluding hydrogens is 451 g/mol. The Hall–Kier alpha value is -3.70. The van der Waals surface area contributed by atoms with Crippen LogP contribution in [-0.4, -0.2) is 22.8 Å². The van der Waals surface area contributed by atoms with Crippen molar-refractivity contribution >= 4 is 45.7 Å². The Labute approximate surface area is 202 Å². The molecule has 6 heteroatoms. The molecule has 0 bridgehead atoms. The zero-order valence-electron chi connectivity index (χ0n) is 18.9. The molecule has 3 aromatic carbocycles. The molecule has 0 unspecified atom stereocenters. The normalized spacial score (nSPS) is 12.2. The van der Waals surface area contributed by atoms with Gasteiger partial charge in [0.15, 0.2) is 0 Å². The average Bonchev–Trinajstić information content (AvgIpc) is 3.30. The van der Waals surface area contributed by atoms with Gasteiger partial charge in [-0.1, -0.05) is 54.9 Å². The number of carbonyl (C=O) groups is 1. The molecule has 1 N–H and O–H groups in total. The van der Waals surface area contributed by atoms with Crippen LogP contribution in [0, 0.1) is 5.82 Å². The van der Waals surface area contributed by atoms with E-state index in [2.05, 4.69) is 23.2 Å². The van der Waals surface area contributed by atoms with Gasteiger partial charge in [0.05, 0.1) is 23.3 Å². The lowest BCUT2D eigenvalue weighted by molar-refractivity contribution is -0.137. The summed E-state index contributed by atoms with van der Waals surface area (Å²) in [6.45, 7) is 4.17. The van der Waals surface area contributed by atoms with Gasteiger partial charge in [-0.05, 0) is 77.1 Å². The summed E-state index contributed by atoms with van der Waals surface area (Å²) < 4.78 is 18.7. The molecule has 4 rings (SSSR count). The summed E-state index contributed by atoms with van der Waals surface area (Å²) in [4.78, 5) is 11.6. The lowest BCUT2D eigenvalue weighted by Gasteiger charge is -2.18. The largest absolute Gasteiger partial charge is 0.463 e. The molecule has 1 aromatic heterocycles. The Morgan fingerprint density at radius 2 is 1.82 bits per heavy atom. The van der Waals surface area contributed by atoms with Crippen LogP contribution in [0.5, 0.6) is 0 Å². The topological polar surface area (TPSA) is 55.0 Å². The number of ether oxygens (including phenoxy) is 1. The molecule has 0 aliphatic rings. The number of fused-ring (bicyclic) bond motifs is 1. The quantitative estimate of drug-likeness (QED) is 0.174. The molecule has 0 aliphatic carbocycles. The van der Waals surface area contributed by atoms with Gasteiger partial charge in [0.25, 0.3) is 0 Å². The average molecular weight is 475 g/mol. The molecule has 0 spiro atoms. The molecule has 1 heterocycles. The molecule has 0 amide bonds. The van der Waals surface area contributed by atoms with E-state index in [-0.39, 0.29) is 11.8 Å². The zero-order chi connectivity index (χ0) is 24.1. The smallest absolute Gasteiger partial charge is 0.330 e. The SMILES string of the molecule is CCOC(=O)C=Cc1ccc(/C(=C(/CC)c2ccc(F)cc2Cl)c2ccc3[nH]ncc3c2)cc1. The number of aromatic nitrogens is 2. The van der Waals surface area contributed by atoms with Crippen LogP contribution in [0.1, 0.15) is 42.5 Å². The lowest BCUT2D eigenvalue weighted by Crippen LogP contribution is -1.98. The van der Waals surface area contributed by atoms with Crippen molar-refractivity contribution in [1.29, 1.82) is 0 Å². The second kappa shape index (κ2) is 10.5. The van der Waals surface area contributed by atoms with E-state index in [0.29, 0.717) is 18.1 Å². The summed E-state index contributed by atoms with van der Waals surface area (Å²) in [5, 5.41) is 8.47. The van der Waals surface area contributed by atoms with Crippen LogP contribution >= 0.6 is 11.6 Å². The number of esters is 1. The Kier molecular flexibility index (Phi) is 7.24. The van der Waals surface area contributed by atoms with Crippen LogP contribution in [0.2, 0.25) is 5.02 Å². The minimum absolute atomic E-state index is 0.336. The number of hydrogen-bond donors (Lipinski definition) is 1. The molecule has 4 aromatic rings. The number of allylic oxidation sites excluding steroid dienone is 1. The van der Waals surface area contributed by atoms with Crippen LogP contribution in [0.3, 0.4) is 0 Å². The van der Waals surface area contributed by atoms with E-state index in [1.165, 1.54) is 18.2 Å². The third-order valence-electron chi connectivity index (χ3n) is 5.54. The maximum Gasteiger partial charge on any atom is 0.330 e. The second-order valence-electron chi connectivity index (χ2n) is 7.71. The minimum Gasteiger partial charge on any atom is -0.463 e. The number of nitrogens with one attached hydrogen (secondary N) is 1. The Morgan fingerprint density at radius 3 is 2.53 bits per heavy atom.